The van der Waals surface area contributed by atoms with E-state index in [-0.39, 0.29) is 0 Å². The standard InChI is InChI=1S/C9H20O2/c1-2-9(5-3-7-10)6-4-8-11/h9-11H,2-8H2,1H3. The molecule has 2 nitrogen and oxygen atoms in total. The zero-order valence-corrected chi connectivity index (χ0v) is 7.42. The van der Waals surface area contributed by atoms with E-state index in [0.717, 1.165) is 25.7 Å². The summed E-state index contributed by atoms with van der Waals surface area (Å²) in [6.45, 7) is 2.77. The van der Waals surface area contributed by atoms with Crippen molar-refractivity contribution in [2.24, 2.45) is 5.92 Å². The summed E-state index contributed by atoms with van der Waals surface area (Å²) < 4.78 is 0. The first kappa shape index (κ1) is 10.9. The molecule has 0 aromatic heterocycles. The highest BCUT2D eigenvalue weighted by Gasteiger charge is 2.04. The van der Waals surface area contributed by atoms with Crippen LogP contribution in [0.4, 0.5) is 0 Å². The molecule has 0 spiro atoms. The summed E-state index contributed by atoms with van der Waals surface area (Å²) in [5.74, 6) is 0.703. The molecular formula is C9H20O2. The molecule has 0 aliphatic carbocycles. The summed E-state index contributed by atoms with van der Waals surface area (Å²) in [4.78, 5) is 0. The highest BCUT2D eigenvalue weighted by molar-refractivity contribution is 4.56. The average molecular weight is 160 g/mol. The predicted octanol–water partition coefficient (Wildman–Crippen LogP) is 1.56. The number of aliphatic hydroxyl groups is 2. The zero-order chi connectivity index (χ0) is 8.53. The van der Waals surface area contributed by atoms with Gasteiger partial charge in [0.1, 0.15) is 0 Å². The van der Waals surface area contributed by atoms with Gasteiger partial charge >= 0.3 is 0 Å². The van der Waals surface area contributed by atoms with Crippen molar-refractivity contribution < 1.29 is 10.2 Å². The van der Waals surface area contributed by atoms with E-state index in [1.165, 1.54) is 6.42 Å². The maximum Gasteiger partial charge on any atom is 0.0431 e. The molecule has 2 N–H and O–H groups in total. The van der Waals surface area contributed by atoms with Gasteiger partial charge in [-0.3, -0.25) is 0 Å². The summed E-state index contributed by atoms with van der Waals surface area (Å²) in [6, 6.07) is 0. The second-order valence-electron chi connectivity index (χ2n) is 3.01. The van der Waals surface area contributed by atoms with Crippen LogP contribution in [0.3, 0.4) is 0 Å². The fourth-order valence-corrected chi connectivity index (χ4v) is 1.31. The van der Waals surface area contributed by atoms with Gasteiger partial charge in [-0.25, -0.2) is 0 Å². The van der Waals surface area contributed by atoms with Gasteiger partial charge in [-0.15, -0.1) is 0 Å². The monoisotopic (exact) mass is 160 g/mol. The summed E-state index contributed by atoms with van der Waals surface area (Å²) in [5, 5.41) is 17.2. The van der Waals surface area contributed by atoms with Crippen molar-refractivity contribution in [1.29, 1.82) is 0 Å². The summed E-state index contributed by atoms with van der Waals surface area (Å²) in [5.41, 5.74) is 0. The zero-order valence-electron chi connectivity index (χ0n) is 7.42. The van der Waals surface area contributed by atoms with Gasteiger partial charge in [-0.2, -0.15) is 0 Å². The molecule has 0 saturated heterocycles. The number of hydrogen-bond donors (Lipinski definition) is 2. The molecule has 0 radical (unpaired) electrons. The van der Waals surface area contributed by atoms with Crippen molar-refractivity contribution in [3.05, 3.63) is 0 Å². The molecule has 0 rings (SSSR count). The fourth-order valence-electron chi connectivity index (χ4n) is 1.31. The van der Waals surface area contributed by atoms with Crippen LogP contribution in [0, 0.1) is 5.92 Å². The third-order valence-corrected chi connectivity index (χ3v) is 2.12. The van der Waals surface area contributed by atoms with Crippen molar-refractivity contribution in [3.63, 3.8) is 0 Å². The van der Waals surface area contributed by atoms with E-state index < -0.39 is 0 Å². The molecule has 0 atom stereocenters. The minimum atomic E-state index is 0.301. The Morgan fingerprint density at radius 1 is 1.00 bits per heavy atom. The first-order valence-electron chi connectivity index (χ1n) is 4.56. The van der Waals surface area contributed by atoms with Crippen LogP contribution < -0.4 is 0 Å². The van der Waals surface area contributed by atoms with E-state index in [9.17, 15) is 0 Å². The smallest absolute Gasteiger partial charge is 0.0431 e. The second-order valence-corrected chi connectivity index (χ2v) is 3.01. The molecule has 0 heterocycles. The highest BCUT2D eigenvalue weighted by atomic mass is 16.3. The lowest BCUT2D eigenvalue weighted by molar-refractivity contribution is 0.247. The Morgan fingerprint density at radius 2 is 1.45 bits per heavy atom. The Balaban J connectivity index is 3.25. The van der Waals surface area contributed by atoms with Gasteiger partial charge in [-0.05, 0) is 31.6 Å². The Morgan fingerprint density at radius 3 is 1.73 bits per heavy atom. The first-order valence-corrected chi connectivity index (χ1v) is 4.56. The van der Waals surface area contributed by atoms with Gasteiger partial charge in [-0.1, -0.05) is 13.3 Å². The molecule has 0 aromatic carbocycles. The lowest BCUT2D eigenvalue weighted by atomic mass is 9.95. The Bertz CT molecular complexity index is 66.0. The van der Waals surface area contributed by atoms with Crippen LogP contribution in [0.15, 0.2) is 0 Å². The number of rotatable bonds is 7. The van der Waals surface area contributed by atoms with Crippen LogP contribution in [-0.4, -0.2) is 23.4 Å². The van der Waals surface area contributed by atoms with Crippen molar-refractivity contribution in [2.45, 2.75) is 39.0 Å². The van der Waals surface area contributed by atoms with Crippen LogP contribution in [-0.2, 0) is 0 Å². The average Bonchev–Trinajstić information content (AvgIpc) is 2.05. The van der Waals surface area contributed by atoms with E-state index in [1.54, 1.807) is 0 Å². The van der Waals surface area contributed by atoms with Gasteiger partial charge in [0.05, 0.1) is 0 Å². The molecule has 0 saturated carbocycles. The SMILES string of the molecule is CCC(CCCO)CCCO. The van der Waals surface area contributed by atoms with E-state index in [0.29, 0.717) is 19.1 Å². The molecule has 68 valence electrons. The van der Waals surface area contributed by atoms with Gasteiger partial charge in [0.15, 0.2) is 0 Å². The largest absolute Gasteiger partial charge is 0.396 e. The van der Waals surface area contributed by atoms with Gasteiger partial charge in [0, 0.05) is 13.2 Å². The molecule has 2 heteroatoms. The van der Waals surface area contributed by atoms with E-state index >= 15 is 0 Å². The van der Waals surface area contributed by atoms with Crippen LogP contribution in [0.5, 0.6) is 0 Å². The molecular weight excluding hydrogens is 140 g/mol. The molecule has 0 amide bonds. The van der Waals surface area contributed by atoms with E-state index in [1.807, 2.05) is 0 Å². The van der Waals surface area contributed by atoms with Crippen molar-refractivity contribution in [1.82, 2.24) is 0 Å². The van der Waals surface area contributed by atoms with Crippen molar-refractivity contribution in [2.75, 3.05) is 13.2 Å². The highest BCUT2D eigenvalue weighted by Crippen LogP contribution is 2.16. The summed E-state index contributed by atoms with van der Waals surface area (Å²) in [6.07, 6.45) is 5.19. The van der Waals surface area contributed by atoms with Gasteiger partial charge in [0.2, 0.25) is 0 Å². The molecule has 0 bridgehead atoms. The normalized spacial score (nSPS) is 10.9. The molecule has 0 aromatic rings. The minimum absolute atomic E-state index is 0.301. The maximum atomic E-state index is 8.59. The second kappa shape index (κ2) is 8.02. The molecule has 0 fully saturated rings. The van der Waals surface area contributed by atoms with E-state index in [4.69, 9.17) is 10.2 Å². The fraction of sp³-hybridized carbons (Fsp3) is 1.00. The summed E-state index contributed by atoms with van der Waals surface area (Å²) in [7, 11) is 0. The van der Waals surface area contributed by atoms with Crippen LogP contribution in [0.2, 0.25) is 0 Å². The summed E-state index contributed by atoms with van der Waals surface area (Å²) >= 11 is 0. The Labute approximate surface area is 69.2 Å². The third-order valence-electron chi connectivity index (χ3n) is 2.12. The Kier molecular flexibility index (Phi) is 7.96. The minimum Gasteiger partial charge on any atom is -0.396 e. The third kappa shape index (κ3) is 6.32. The maximum absolute atomic E-state index is 8.59. The van der Waals surface area contributed by atoms with Gasteiger partial charge in [0.25, 0.3) is 0 Å². The lowest BCUT2D eigenvalue weighted by Crippen LogP contribution is -2.01. The first-order chi connectivity index (χ1) is 5.35. The number of aliphatic hydroxyl groups excluding tert-OH is 2. The van der Waals surface area contributed by atoms with Crippen LogP contribution in [0.25, 0.3) is 0 Å². The van der Waals surface area contributed by atoms with Gasteiger partial charge < -0.3 is 10.2 Å². The van der Waals surface area contributed by atoms with Crippen LogP contribution in [0.1, 0.15) is 39.0 Å². The number of hydrogen-bond acceptors (Lipinski definition) is 2. The van der Waals surface area contributed by atoms with E-state index in [2.05, 4.69) is 6.92 Å². The quantitative estimate of drug-likeness (QED) is 0.593. The van der Waals surface area contributed by atoms with Crippen molar-refractivity contribution in [3.8, 4) is 0 Å². The molecule has 0 aliphatic heterocycles. The predicted molar refractivity (Wildman–Crippen MR) is 46.4 cm³/mol. The van der Waals surface area contributed by atoms with Crippen LogP contribution >= 0.6 is 0 Å². The Hall–Kier alpha value is -0.0800. The molecule has 0 aliphatic rings. The molecule has 11 heavy (non-hydrogen) atoms. The topological polar surface area (TPSA) is 40.5 Å². The molecule has 0 unspecified atom stereocenters. The lowest BCUT2D eigenvalue weighted by Gasteiger charge is -2.12. The van der Waals surface area contributed by atoms with Crippen molar-refractivity contribution >= 4 is 0 Å².